The second-order valence-electron chi connectivity index (χ2n) is 7.20. The molecule has 0 bridgehead atoms. The van der Waals surface area contributed by atoms with Gasteiger partial charge in [-0.1, -0.05) is 49.0 Å². The fourth-order valence-electron chi connectivity index (χ4n) is 3.61. The van der Waals surface area contributed by atoms with Gasteiger partial charge in [0.2, 0.25) is 11.1 Å². The van der Waals surface area contributed by atoms with Crippen LogP contribution in [-0.4, -0.2) is 32.7 Å². The highest BCUT2D eigenvalue weighted by Gasteiger charge is 2.34. The van der Waals surface area contributed by atoms with E-state index in [-0.39, 0.29) is 11.9 Å². The van der Waals surface area contributed by atoms with Crippen molar-refractivity contribution in [1.29, 1.82) is 0 Å². The average Bonchev–Trinajstić information content (AvgIpc) is 3.16. The molecule has 8 heteroatoms. The summed E-state index contributed by atoms with van der Waals surface area (Å²) in [6.45, 7) is 5.97. The molecule has 0 aliphatic carbocycles. The molecule has 2 N–H and O–H groups in total. The summed E-state index contributed by atoms with van der Waals surface area (Å²) in [6, 6.07) is 15.7. The van der Waals surface area contributed by atoms with Crippen molar-refractivity contribution in [2.24, 2.45) is 0 Å². The number of fused-ring (bicyclic) bond motifs is 1. The van der Waals surface area contributed by atoms with Gasteiger partial charge in [0.15, 0.2) is 0 Å². The van der Waals surface area contributed by atoms with Crippen LogP contribution in [0.15, 0.2) is 69.9 Å². The van der Waals surface area contributed by atoms with Gasteiger partial charge in [-0.2, -0.15) is 4.98 Å². The van der Waals surface area contributed by atoms with E-state index in [1.807, 2.05) is 42.8 Å². The molecule has 1 aliphatic rings. The van der Waals surface area contributed by atoms with Crippen molar-refractivity contribution in [1.82, 2.24) is 14.8 Å². The summed E-state index contributed by atoms with van der Waals surface area (Å²) in [5.74, 6) is 1.38. The smallest absolute Gasteiger partial charge is 0.255 e. The lowest BCUT2D eigenvalue weighted by atomic mass is 9.95. The zero-order chi connectivity index (χ0) is 22.0. The van der Waals surface area contributed by atoms with Crippen molar-refractivity contribution in [3.05, 3.63) is 70.9 Å². The number of anilines is 2. The van der Waals surface area contributed by atoms with Gasteiger partial charge in [-0.15, -0.1) is 16.9 Å². The Morgan fingerprint density at radius 1 is 1.16 bits per heavy atom. The molecule has 0 spiro atoms. The highest BCUT2D eigenvalue weighted by atomic mass is 32.2. The molecular formula is C23H25N5OS2. The number of hydrogen-bond donors (Lipinski definition) is 2. The Labute approximate surface area is 190 Å². The molecule has 2 aromatic carbocycles. The molecule has 0 saturated carbocycles. The molecule has 31 heavy (non-hydrogen) atoms. The van der Waals surface area contributed by atoms with Crippen LogP contribution in [0.4, 0.5) is 11.6 Å². The van der Waals surface area contributed by atoms with Gasteiger partial charge in [-0.25, -0.2) is 4.68 Å². The fraction of sp³-hybridized carbons (Fsp3) is 0.261. The van der Waals surface area contributed by atoms with E-state index < -0.39 is 0 Å². The molecular weight excluding hydrogens is 426 g/mol. The monoisotopic (exact) mass is 451 g/mol. The number of carbonyl (C=O) groups excluding carboxylic acids is 1. The van der Waals surface area contributed by atoms with Crippen LogP contribution in [0.5, 0.6) is 0 Å². The molecule has 0 unspecified atom stereocenters. The van der Waals surface area contributed by atoms with Gasteiger partial charge < -0.3 is 10.6 Å². The van der Waals surface area contributed by atoms with Gasteiger partial charge in [0.1, 0.15) is 6.04 Å². The van der Waals surface area contributed by atoms with Crippen molar-refractivity contribution in [3.63, 3.8) is 0 Å². The third kappa shape index (κ3) is 4.36. The minimum absolute atomic E-state index is 0.149. The molecule has 1 aromatic heterocycles. The van der Waals surface area contributed by atoms with Gasteiger partial charge in [0.05, 0.1) is 5.57 Å². The van der Waals surface area contributed by atoms with Gasteiger partial charge in [-0.3, -0.25) is 4.79 Å². The number of allylic oxidation sites excluding steroid dienone is 1. The zero-order valence-electron chi connectivity index (χ0n) is 18.0. The van der Waals surface area contributed by atoms with Gasteiger partial charge in [0, 0.05) is 16.3 Å². The van der Waals surface area contributed by atoms with E-state index in [0.29, 0.717) is 16.7 Å². The first-order valence-electron chi connectivity index (χ1n) is 10.1. The number of aryl methyl sites for hydroxylation is 1. The SMILES string of the molecule is CCSc1nc2n(n1)[C@@H](c1ccc(SC)cc1)C(C(=O)Nc1ccccc1C)=C(C)N2. The largest absolute Gasteiger partial charge is 0.328 e. The quantitative estimate of drug-likeness (QED) is 0.493. The molecule has 0 saturated heterocycles. The Morgan fingerprint density at radius 2 is 1.90 bits per heavy atom. The van der Waals surface area contributed by atoms with Crippen molar-refractivity contribution in [3.8, 4) is 0 Å². The van der Waals surface area contributed by atoms with Gasteiger partial charge in [-0.05, 0) is 55.2 Å². The Balaban J connectivity index is 1.78. The Hall–Kier alpha value is -2.71. The van der Waals surface area contributed by atoms with E-state index in [9.17, 15) is 4.79 Å². The number of nitrogens with one attached hydrogen (secondary N) is 2. The van der Waals surface area contributed by atoms with Crippen molar-refractivity contribution in [2.75, 3.05) is 22.6 Å². The number of amides is 1. The maximum Gasteiger partial charge on any atom is 0.255 e. The molecule has 4 rings (SSSR count). The Bertz CT molecular complexity index is 1140. The first-order chi connectivity index (χ1) is 15.0. The van der Waals surface area contributed by atoms with Crippen LogP contribution in [-0.2, 0) is 4.79 Å². The summed E-state index contributed by atoms with van der Waals surface area (Å²) in [6.07, 6.45) is 2.05. The fourth-order valence-corrected chi connectivity index (χ4v) is 4.58. The van der Waals surface area contributed by atoms with E-state index in [1.54, 1.807) is 23.5 Å². The van der Waals surface area contributed by atoms with E-state index in [4.69, 9.17) is 5.10 Å². The first-order valence-corrected chi connectivity index (χ1v) is 12.3. The molecule has 160 valence electrons. The number of nitrogens with zero attached hydrogens (tertiary/aromatic N) is 3. The Morgan fingerprint density at radius 3 is 2.58 bits per heavy atom. The number of carbonyl (C=O) groups is 1. The molecule has 0 radical (unpaired) electrons. The van der Waals surface area contributed by atoms with Gasteiger partial charge in [0.25, 0.3) is 5.91 Å². The molecule has 1 atom stereocenters. The van der Waals surface area contributed by atoms with Crippen LogP contribution in [0.2, 0.25) is 0 Å². The van der Waals surface area contributed by atoms with Crippen LogP contribution in [0.1, 0.15) is 31.0 Å². The lowest BCUT2D eigenvalue weighted by Crippen LogP contribution is -2.31. The summed E-state index contributed by atoms with van der Waals surface area (Å²) in [7, 11) is 0. The third-order valence-corrected chi connectivity index (χ3v) is 6.64. The van der Waals surface area contributed by atoms with Crippen LogP contribution >= 0.6 is 23.5 Å². The topological polar surface area (TPSA) is 71.8 Å². The van der Waals surface area contributed by atoms with E-state index >= 15 is 0 Å². The second kappa shape index (κ2) is 9.20. The van der Waals surface area contributed by atoms with Crippen LogP contribution in [0, 0.1) is 6.92 Å². The number of thioether (sulfide) groups is 2. The summed E-state index contributed by atoms with van der Waals surface area (Å²) < 4.78 is 1.83. The average molecular weight is 452 g/mol. The molecule has 2 heterocycles. The lowest BCUT2D eigenvalue weighted by Gasteiger charge is -2.29. The molecule has 6 nitrogen and oxygen atoms in total. The van der Waals surface area contributed by atoms with Crippen molar-refractivity contribution >= 4 is 41.1 Å². The van der Waals surface area contributed by atoms with E-state index in [2.05, 4.69) is 53.1 Å². The number of para-hydroxylation sites is 1. The van der Waals surface area contributed by atoms with Crippen LogP contribution in [0.3, 0.4) is 0 Å². The summed E-state index contributed by atoms with van der Waals surface area (Å²) in [4.78, 5) is 19.3. The highest BCUT2D eigenvalue weighted by Crippen LogP contribution is 2.37. The van der Waals surface area contributed by atoms with Crippen LogP contribution in [0.25, 0.3) is 0 Å². The summed E-state index contributed by atoms with van der Waals surface area (Å²) >= 11 is 3.27. The predicted octanol–water partition coefficient (Wildman–Crippen LogP) is 5.35. The maximum absolute atomic E-state index is 13.5. The summed E-state index contributed by atoms with van der Waals surface area (Å²) in [5, 5.41) is 11.8. The number of rotatable bonds is 6. The standard InChI is InChI=1S/C23H25N5OS2/c1-5-31-23-26-22-24-15(3)19(21(29)25-18-9-7-6-8-14(18)2)20(28(22)27-23)16-10-12-17(30-4)13-11-16/h6-13,20H,5H2,1-4H3,(H,25,29)(H,24,26,27)/t20-/m0/s1. The number of aromatic nitrogens is 3. The zero-order valence-corrected chi connectivity index (χ0v) is 19.6. The predicted molar refractivity (Wildman–Crippen MR) is 129 cm³/mol. The second-order valence-corrected chi connectivity index (χ2v) is 9.31. The lowest BCUT2D eigenvalue weighted by molar-refractivity contribution is -0.113. The van der Waals surface area contributed by atoms with E-state index in [1.165, 1.54) is 4.90 Å². The number of hydrogen-bond acceptors (Lipinski definition) is 6. The normalized spacial score (nSPS) is 15.4. The highest BCUT2D eigenvalue weighted by molar-refractivity contribution is 7.99. The van der Waals surface area contributed by atoms with E-state index in [0.717, 1.165) is 28.3 Å². The third-order valence-electron chi connectivity index (χ3n) is 5.18. The minimum atomic E-state index is -0.366. The first kappa shape index (κ1) is 21.5. The van der Waals surface area contributed by atoms with Gasteiger partial charge >= 0.3 is 0 Å². The molecule has 1 aliphatic heterocycles. The molecule has 1 amide bonds. The maximum atomic E-state index is 13.5. The number of benzene rings is 2. The Kier molecular flexibility index (Phi) is 6.38. The molecule has 3 aromatic rings. The minimum Gasteiger partial charge on any atom is -0.328 e. The van der Waals surface area contributed by atoms with Crippen molar-refractivity contribution < 1.29 is 4.79 Å². The molecule has 0 fully saturated rings. The van der Waals surface area contributed by atoms with Crippen LogP contribution < -0.4 is 10.6 Å². The van der Waals surface area contributed by atoms with Crippen molar-refractivity contribution in [2.45, 2.75) is 36.9 Å². The summed E-state index contributed by atoms with van der Waals surface area (Å²) in [5.41, 5.74) is 4.22.